The number of hydrogen-bond donors (Lipinski definition) is 1. The van der Waals surface area contributed by atoms with Crippen LogP contribution in [0, 0.1) is 13.8 Å². The molecular weight excluding hydrogens is 328 g/mol. The second kappa shape index (κ2) is 7.82. The minimum atomic E-state index is 0.580. The molecule has 0 bridgehead atoms. The maximum absolute atomic E-state index is 5.46. The van der Waals surface area contributed by atoms with E-state index in [1.54, 1.807) is 26.6 Å². The van der Waals surface area contributed by atoms with Crippen LogP contribution in [-0.4, -0.2) is 29.2 Å². The van der Waals surface area contributed by atoms with Gasteiger partial charge in [-0.1, -0.05) is 0 Å². The van der Waals surface area contributed by atoms with E-state index in [4.69, 9.17) is 9.47 Å². The minimum Gasteiger partial charge on any atom is -0.497 e. The summed E-state index contributed by atoms with van der Waals surface area (Å²) in [6.07, 6.45) is 3.50. The molecule has 6 heteroatoms. The van der Waals surface area contributed by atoms with Gasteiger partial charge in [0, 0.05) is 47.4 Å². The Labute approximate surface area is 153 Å². The SMILES string of the molecule is COc1ccc(CNc2nc(-c3cccnc3)nc(C)c2C)c(OC)c1. The topological polar surface area (TPSA) is 69.2 Å². The molecule has 2 aromatic heterocycles. The standard InChI is InChI=1S/C20H22N4O2/c1-13-14(2)23-20(16-6-5-9-21-11-16)24-19(13)22-12-15-7-8-17(25-3)10-18(15)26-4/h5-11H,12H2,1-4H3,(H,22,23,24). The number of nitrogens with one attached hydrogen (secondary N) is 1. The van der Waals surface area contributed by atoms with Gasteiger partial charge in [0.05, 0.1) is 14.2 Å². The molecule has 0 fully saturated rings. The van der Waals surface area contributed by atoms with E-state index in [2.05, 4.69) is 20.3 Å². The fourth-order valence-corrected chi connectivity index (χ4v) is 2.60. The smallest absolute Gasteiger partial charge is 0.163 e. The molecule has 2 heterocycles. The van der Waals surface area contributed by atoms with Crippen LogP contribution in [0.1, 0.15) is 16.8 Å². The lowest BCUT2D eigenvalue weighted by Gasteiger charge is -2.14. The Bertz CT molecular complexity index is 898. The number of ether oxygens (including phenoxy) is 2. The molecule has 0 amide bonds. The fourth-order valence-electron chi connectivity index (χ4n) is 2.60. The summed E-state index contributed by atoms with van der Waals surface area (Å²) in [6, 6.07) is 9.60. The van der Waals surface area contributed by atoms with Gasteiger partial charge in [0.2, 0.25) is 0 Å². The van der Waals surface area contributed by atoms with Crippen molar-refractivity contribution in [3.8, 4) is 22.9 Å². The van der Waals surface area contributed by atoms with Crippen molar-refractivity contribution in [1.29, 1.82) is 0 Å². The van der Waals surface area contributed by atoms with Crippen molar-refractivity contribution in [1.82, 2.24) is 15.0 Å². The van der Waals surface area contributed by atoms with E-state index >= 15 is 0 Å². The minimum absolute atomic E-state index is 0.580. The molecule has 0 saturated heterocycles. The molecule has 0 saturated carbocycles. The Kier molecular flexibility index (Phi) is 5.31. The van der Waals surface area contributed by atoms with Crippen molar-refractivity contribution in [2.24, 2.45) is 0 Å². The molecule has 0 aliphatic carbocycles. The number of methoxy groups -OCH3 is 2. The highest BCUT2D eigenvalue weighted by Gasteiger charge is 2.11. The van der Waals surface area contributed by atoms with Crippen molar-refractivity contribution < 1.29 is 9.47 Å². The third-order valence-electron chi connectivity index (χ3n) is 4.25. The van der Waals surface area contributed by atoms with Crippen molar-refractivity contribution in [3.05, 3.63) is 59.5 Å². The summed E-state index contributed by atoms with van der Waals surface area (Å²) < 4.78 is 10.7. The third kappa shape index (κ3) is 3.74. The highest BCUT2D eigenvalue weighted by molar-refractivity contribution is 5.59. The zero-order valence-corrected chi connectivity index (χ0v) is 15.4. The van der Waals surface area contributed by atoms with Crippen LogP contribution in [0.3, 0.4) is 0 Å². The summed E-state index contributed by atoms with van der Waals surface area (Å²) in [5.74, 6) is 2.99. The monoisotopic (exact) mass is 350 g/mol. The first-order chi connectivity index (χ1) is 12.6. The first kappa shape index (κ1) is 17.7. The molecule has 0 atom stereocenters. The molecule has 0 aliphatic heterocycles. The Morgan fingerprint density at radius 1 is 1.04 bits per heavy atom. The van der Waals surface area contributed by atoms with Crippen LogP contribution in [0.4, 0.5) is 5.82 Å². The van der Waals surface area contributed by atoms with Gasteiger partial charge in [-0.05, 0) is 38.1 Å². The van der Waals surface area contributed by atoms with Crippen LogP contribution in [0.5, 0.6) is 11.5 Å². The maximum atomic E-state index is 5.46. The van der Waals surface area contributed by atoms with Crippen LogP contribution in [-0.2, 0) is 6.54 Å². The number of aromatic nitrogens is 3. The fraction of sp³-hybridized carbons (Fsp3) is 0.250. The van der Waals surface area contributed by atoms with E-state index in [0.29, 0.717) is 12.4 Å². The van der Waals surface area contributed by atoms with E-state index in [1.807, 2.05) is 44.2 Å². The number of aryl methyl sites for hydroxylation is 1. The van der Waals surface area contributed by atoms with Gasteiger partial charge >= 0.3 is 0 Å². The number of pyridine rings is 1. The summed E-state index contributed by atoms with van der Waals surface area (Å²) >= 11 is 0. The zero-order valence-electron chi connectivity index (χ0n) is 15.4. The van der Waals surface area contributed by atoms with Crippen LogP contribution >= 0.6 is 0 Å². The van der Waals surface area contributed by atoms with E-state index in [-0.39, 0.29) is 0 Å². The summed E-state index contributed by atoms with van der Waals surface area (Å²) in [7, 11) is 3.29. The van der Waals surface area contributed by atoms with Gasteiger partial charge in [0.15, 0.2) is 5.82 Å². The maximum Gasteiger partial charge on any atom is 0.163 e. The van der Waals surface area contributed by atoms with Gasteiger partial charge in [0.1, 0.15) is 17.3 Å². The van der Waals surface area contributed by atoms with Crippen molar-refractivity contribution >= 4 is 5.82 Å². The Balaban J connectivity index is 1.87. The molecular formula is C20H22N4O2. The molecule has 6 nitrogen and oxygen atoms in total. The predicted octanol–water partition coefficient (Wildman–Crippen LogP) is 3.78. The van der Waals surface area contributed by atoms with Gasteiger partial charge in [-0.15, -0.1) is 0 Å². The lowest BCUT2D eigenvalue weighted by Crippen LogP contribution is -2.08. The normalized spacial score (nSPS) is 10.5. The number of nitrogens with zero attached hydrogens (tertiary/aromatic N) is 3. The molecule has 26 heavy (non-hydrogen) atoms. The molecule has 1 N–H and O–H groups in total. The van der Waals surface area contributed by atoms with Gasteiger partial charge in [-0.25, -0.2) is 9.97 Å². The summed E-state index contributed by atoms with van der Waals surface area (Å²) in [5.41, 5.74) is 3.86. The molecule has 134 valence electrons. The van der Waals surface area contributed by atoms with E-state index in [0.717, 1.165) is 39.7 Å². The molecule has 0 unspecified atom stereocenters. The Morgan fingerprint density at radius 2 is 1.88 bits per heavy atom. The molecule has 0 radical (unpaired) electrons. The second-order valence-electron chi connectivity index (χ2n) is 5.88. The van der Waals surface area contributed by atoms with E-state index in [9.17, 15) is 0 Å². The summed E-state index contributed by atoms with van der Waals surface area (Å²) in [4.78, 5) is 13.4. The van der Waals surface area contributed by atoms with Crippen molar-refractivity contribution in [2.45, 2.75) is 20.4 Å². The molecule has 3 aromatic rings. The first-order valence-electron chi connectivity index (χ1n) is 8.32. The predicted molar refractivity (Wildman–Crippen MR) is 102 cm³/mol. The van der Waals surface area contributed by atoms with E-state index < -0.39 is 0 Å². The molecule has 3 rings (SSSR count). The van der Waals surface area contributed by atoms with Gasteiger partial charge in [-0.3, -0.25) is 4.98 Å². The first-order valence-corrected chi connectivity index (χ1v) is 8.32. The molecule has 0 spiro atoms. The number of benzene rings is 1. The average Bonchev–Trinajstić information content (AvgIpc) is 2.69. The Hall–Kier alpha value is -3.15. The van der Waals surface area contributed by atoms with Gasteiger partial charge < -0.3 is 14.8 Å². The quantitative estimate of drug-likeness (QED) is 0.729. The van der Waals surface area contributed by atoms with Crippen molar-refractivity contribution in [2.75, 3.05) is 19.5 Å². The highest BCUT2D eigenvalue weighted by atomic mass is 16.5. The number of anilines is 1. The largest absolute Gasteiger partial charge is 0.497 e. The number of rotatable bonds is 6. The van der Waals surface area contributed by atoms with Gasteiger partial charge in [0.25, 0.3) is 0 Å². The van der Waals surface area contributed by atoms with Crippen LogP contribution in [0.2, 0.25) is 0 Å². The lowest BCUT2D eigenvalue weighted by molar-refractivity contribution is 0.391. The second-order valence-corrected chi connectivity index (χ2v) is 5.88. The van der Waals surface area contributed by atoms with Crippen molar-refractivity contribution in [3.63, 3.8) is 0 Å². The van der Waals surface area contributed by atoms with Crippen LogP contribution < -0.4 is 14.8 Å². The number of hydrogen-bond acceptors (Lipinski definition) is 6. The van der Waals surface area contributed by atoms with Crippen LogP contribution in [0.15, 0.2) is 42.7 Å². The highest BCUT2D eigenvalue weighted by Crippen LogP contribution is 2.26. The average molecular weight is 350 g/mol. The summed E-state index contributed by atoms with van der Waals surface area (Å²) in [6.45, 7) is 4.57. The molecule has 1 aromatic carbocycles. The zero-order chi connectivity index (χ0) is 18.5. The van der Waals surface area contributed by atoms with Crippen LogP contribution in [0.25, 0.3) is 11.4 Å². The third-order valence-corrected chi connectivity index (χ3v) is 4.25. The Morgan fingerprint density at radius 3 is 2.58 bits per heavy atom. The van der Waals surface area contributed by atoms with E-state index in [1.165, 1.54) is 0 Å². The van der Waals surface area contributed by atoms with Gasteiger partial charge in [-0.2, -0.15) is 0 Å². The lowest BCUT2D eigenvalue weighted by atomic mass is 10.1. The summed E-state index contributed by atoms with van der Waals surface area (Å²) in [5, 5.41) is 3.40. The molecule has 0 aliphatic rings.